The molecule has 0 saturated heterocycles. The molecule has 0 atom stereocenters. The van der Waals surface area contributed by atoms with E-state index in [0.29, 0.717) is 0 Å². The molecule has 0 radical (unpaired) electrons. The molecule has 0 spiro atoms. The summed E-state index contributed by atoms with van der Waals surface area (Å²) in [5, 5.41) is 4.14. The summed E-state index contributed by atoms with van der Waals surface area (Å²) < 4.78 is 7.39. The lowest BCUT2D eigenvalue weighted by atomic mass is 9.94. The highest BCUT2D eigenvalue weighted by molar-refractivity contribution is 5.10. The first-order valence-electron chi connectivity index (χ1n) is 3.82. The number of rotatable bonds is 0. The van der Waals surface area contributed by atoms with Crippen molar-refractivity contribution in [3.8, 4) is 5.88 Å². The molecule has 0 fully saturated rings. The van der Waals surface area contributed by atoms with Crippen molar-refractivity contribution in [3.05, 3.63) is 12.3 Å². The van der Waals surface area contributed by atoms with Gasteiger partial charge in [-0.3, -0.25) is 0 Å². The van der Waals surface area contributed by atoms with E-state index < -0.39 is 0 Å². The Kier molecular flexibility index (Phi) is 1.22. The summed E-state index contributed by atoms with van der Waals surface area (Å²) in [6, 6.07) is 1.90. The summed E-state index contributed by atoms with van der Waals surface area (Å²) in [5.74, 6) is 0.893. The maximum absolute atomic E-state index is 5.48. The van der Waals surface area contributed by atoms with Crippen molar-refractivity contribution in [1.29, 1.82) is 0 Å². The fourth-order valence-corrected chi connectivity index (χ4v) is 1.28. The molecule has 1 aromatic heterocycles. The highest BCUT2D eigenvalue weighted by Gasteiger charge is 2.26. The van der Waals surface area contributed by atoms with Gasteiger partial charge in [-0.05, 0) is 0 Å². The van der Waals surface area contributed by atoms with Crippen LogP contribution in [0.1, 0.15) is 13.8 Å². The van der Waals surface area contributed by atoms with Crippen molar-refractivity contribution < 1.29 is 4.74 Å². The molecule has 2 heterocycles. The summed E-state index contributed by atoms with van der Waals surface area (Å²) in [7, 11) is 0. The van der Waals surface area contributed by atoms with Gasteiger partial charge in [0.05, 0.1) is 19.3 Å². The third kappa shape index (κ3) is 1.11. The molecule has 3 nitrogen and oxygen atoms in total. The summed E-state index contributed by atoms with van der Waals surface area (Å²) in [6.45, 7) is 6.10. The van der Waals surface area contributed by atoms with Gasteiger partial charge in [0, 0.05) is 11.5 Å². The SMILES string of the molecule is CC1(C)COc2ccnn2C1. The van der Waals surface area contributed by atoms with Gasteiger partial charge in [0.1, 0.15) is 0 Å². The van der Waals surface area contributed by atoms with Crippen LogP contribution >= 0.6 is 0 Å². The monoisotopic (exact) mass is 152 g/mol. The number of aromatic nitrogens is 2. The van der Waals surface area contributed by atoms with E-state index in [1.165, 1.54) is 0 Å². The van der Waals surface area contributed by atoms with Crippen molar-refractivity contribution in [2.75, 3.05) is 6.61 Å². The average molecular weight is 152 g/mol. The predicted molar refractivity (Wildman–Crippen MR) is 41.5 cm³/mol. The van der Waals surface area contributed by atoms with Crippen LogP contribution in [0.2, 0.25) is 0 Å². The van der Waals surface area contributed by atoms with E-state index in [2.05, 4.69) is 18.9 Å². The number of hydrogen-bond acceptors (Lipinski definition) is 2. The van der Waals surface area contributed by atoms with E-state index in [4.69, 9.17) is 4.74 Å². The van der Waals surface area contributed by atoms with Gasteiger partial charge in [-0.1, -0.05) is 13.8 Å². The van der Waals surface area contributed by atoms with E-state index in [-0.39, 0.29) is 5.41 Å². The second-order valence-corrected chi connectivity index (χ2v) is 3.78. The molecule has 1 aliphatic heterocycles. The molecule has 0 aromatic carbocycles. The van der Waals surface area contributed by atoms with Crippen LogP contribution in [0.4, 0.5) is 0 Å². The van der Waals surface area contributed by atoms with Crippen LogP contribution in [0.25, 0.3) is 0 Å². The van der Waals surface area contributed by atoms with Gasteiger partial charge in [-0.25, -0.2) is 4.68 Å². The average Bonchev–Trinajstić information content (AvgIpc) is 2.31. The van der Waals surface area contributed by atoms with Gasteiger partial charge in [-0.2, -0.15) is 5.10 Å². The number of hydrogen-bond donors (Lipinski definition) is 0. The third-order valence-electron chi connectivity index (χ3n) is 1.87. The van der Waals surface area contributed by atoms with Gasteiger partial charge in [-0.15, -0.1) is 0 Å². The lowest BCUT2D eigenvalue weighted by Crippen LogP contribution is -2.32. The second kappa shape index (κ2) is 2.00. The Bertz CT molecular complexity index is 265. The fraction of sp³-hybridized carbons (Fsp3) is 0.625. The first-order chi connectivity index (χ1) is 5.17. The van der Waals surface area contributed by atoms with Gasteiger partial charge in [0.2, 0.25) is 5.88 Å². The van der Waals surface area contributed by atoms with Crippen LogP contribution in [0.3, 0.4) is 0 Å². The minimum absolute atomic E-state index is 0.221. The molecule has 0 aliphatic carbocycles. The molecular formula is C8H12N2O. The molecule has 0 amide bonds. The van der Waals surface area contributed by atoms with E-state index in [9.17, 15) is 0 Å². The lowest BCUT2D eigenvalue weighted by molar-refractivity contribution is 0.100. The van der Waals surface area contributed by atoms with Crippen LogP contribution in [-0.2, 0) is 6.54 Å². The molecule has 0 N–H and O–H groups in total. The number of fused-ring (bicyclic) bond motifs is 1. The summed E-state index contributed by atoms with van der Waals surface area (Å²) in [4.78, 5) is 0. The Labute approximate surface area is 66.0 Å². The summed E-state index contributed by atoms with van der Waals surface area (Å²) >= 11 is 0. The summed E-state index contributed by atoms with van der Waals surface area (Å²) in [6.07, 6.45) is 1.77. The summed E-state index contributed by atoms with van der Waals surface area (Å²) in [5.41, 5.74) is 0.221. The van der Waals surface area contributed by atoms with Crippen LogP contribution in [0.15, 0.2) is 12.3 Å². The Morgan fingerprint density at radius 1 is 1.64 bits per heavy atom. The molecule has 11 heavy (non-hydrogen) atoms. The van der Waals surface area contributed by atoms with Crippen molar-refractivity contribution >= 4 is 0 Å². The van der Waals surface area contributed by atoms with Gasteiger partial charge in [0.25, 0.3) is 0 Å². The van der Waals surface area contributed by atoms with Crippen LogP contribution in [0.5, 0.6) is 5.88 Å². The smallest absolute Gasteiger partial charge is 0.211 e. The van der Waals surface area contributed by atoms with Crippen molar-refractivity contribution in [1.82, 2.24) is 9.78 Å². The molecular weight excluding hydrogens is 140 g/mol. The van der Waals surface area contributed by atoms with Gasteiger partial charge in [0.15, 0.2) is 0 Å². The molecule has 3 heteroatoms. The Morgan fingerprint density at radius 3 is 3.27 bits per heavy atom. The van der Waals surface area contributed by atoms with Gasteiger partial charge < -0.3 is 4.74 Å². The molecule has 0 saturated carbocycles. The van der Waals surface area contributed by atoms with Crippen molar-refractivity contribution in [3.63, 3.8) is 0 Å². The minimum Gasteiger partial charge on any atom is -0.477 e. The zero-order valence-electron chi connectivity index (χ0n) is 6.87. The Morgan fingerprint density at radius 2 is 2.45 bits per heavy atom. The Balaban J connectivity index is 2.32. The normalized spacial score (nSPS) is 20.5. The van der Waals surface area contributed by atoms with E-state index >= 15 is 0 Å². The van der Waals surface area contributed by atoms with Crippen molar-refractivity contribution in [2.24, 2.45) is 5.41 Å². The zero-order valence-corrected chi connectivity index (χ0v) is 6.87. The maximum atomic E-state index is 5.48. The third-order valence-corrected chi connectivity index (χ3v) is 1.87. The first-order valence-corrected chi connectivity index (χ1v) is 3.82. The molecule has 0 unspecified atom stereocenters. The second-order valence-electron chi connectivity index (χ2n) is 3.78. The fourth-order valence-electron chi connectivity index (χ4n) is 1.28. The largest absolute Gasteiger partial charge is 0.477 e. The standard InChI is InChI=1S/C8H12N2O/c1-8(2)5-10-7(11-6-8)3-4-9-10/h3-4H,5-6H2,1-2H3. The molecule has 2 rings (SSSR count). The highest BCUT2D eigenvalue weighted by Crippen LogP contribution is 2.27. The van der Waals surface area contributed by atoms with E-state index in [0.717, 1.165) is 19.0 Å². The zero-order chi connectivity index (χ0) is 7.90. The van der Waals surface area contributed by atoms with E-state index in [1.54, 1.807) is 6.20 Å². The van der Waals surface area contributed by atoms with Crippen LogP contribution in [-0.4, -0.2) is 16.4 Å². The molecule has 0 bridgehead atoms. The predicted octanol–water partition coefficient (Wildman–Crippen LogP) is 1.30. The maximum Gasteiger partial charge on any atom is 0.211 e. The quantitative estimate of drug-likeness (QED) is 0.560. The van der Waals surface area contributed by atoms with E-state index in [1.807, 2.05) is 10.7 Å². The highest BCUT2D eigenvalue weighted by atomic mass is 16.5. The van der Waals surface area contributed by atoms with Crippen LogP contribution < -0.4 is 4.74 Å². The minimum atomic E-state index is 0.221. The molecule has 60 valence electrons. The topological polar surface area (TPSA) is 27.1 Å². The Hall–Kier alpha value is -0.990. The first kappa shape index (κ1) is 6.70. The lowest BCUT2D eigenvalue weighted by Gasteiger charge is -2.29. The molecule has 1 aromatic rings. The molecule has 1 aliphatic rings. The van der Waals surface area contributed by atoms with Crippen molar-refractivity contribution in [2.45, 2.75) is 20.4 Å². The number of nitrogens with zero attached hydrogens (tertiary/aromatic N) is 2. The van der Waals surface area contributed by atoms with Gasteiger partial charge >= 0.3 is 0 Å². The van der Waals surface area contributed by atoms with Crippen LogP contribution in [0, 0.1) is 5.41 Å². The number of ether oxygens (including phenoxy) is 1.